The SMILES string of the molecule is O=C(NCc1ccco1)c1c2c(nc3ccccc13)C(=O)N(C1CCCCC1)C2. The van der Waals surface area contributed by atoms with E-state index in [4.69, 9.17) is 4.42 Å². The Morgan fingerprint density at radius 2 is 1.97 bits per heavy atom. The molecule has 5 rings (SSSR count). The lowest BCUT2D eigenvalue weighted by atomic mass is 9.94. The highest BCUT2D eigenvalue weighted by Gasteiger charge is 2.37. The van der Waals surface area contributed by atoms with E-state index in [1.807, 2.05) is 35.2 Å². The average Bonchev–Trinajstić information content (AvgIpc) is 3.39. The van der Waals surface area contributed by atoms with Crippen LogP contribution in [0.5, 0.6) is 0 Å². The van der Waals surface area contributed by atoms with E-state index in [0.29, 0.717) is 35.6 Å². The van der Waals surface area contributed by atoms with Crippen molar-refractivity contribution < 1.29 is 14.0 Å². The summed E-state index contributed by atoms with van der Waals surface area (Å²) < 4.78 is 5.32. The van der Waals surface area contributed by atoms with E-state index in [0.717, 1.165) is 36.6 Å². The Morgan fingerprint density at radius 1 is 1.14 bits per heavy atom. The fraction of sp³-hybridized carbons (Fsp3) is 0.348. The van der Waals surface area contributed by atoms with Crippen LogP contribution in [0.4, 0.5) is 0 Å². The molecule has 0 radical (unpaired) electrons. The number of para-hydroxylation sites is 1. The van der Waals surface area contributed by atoms with Gasteiger partial charge in [0.2, 0.25) is 0 Å². The smallest absolute Gasteiger partial charge is 0.273 e. The van der Waals surface area contributed by atoms with Crippen LogP contribution in [0.15, 0.2) is 47.1 Å². The summed E-state index contributed by atoms with van der Waals surface area (Å²) in [4.78, 5) is 32.9. The van der Waals surface area contributed by atoms with Gasteiger partial charge in [-0.2, -0.15) is 0 Å². The Balaban J connectivity index is 1.53. The van der Waals surface area contributed by atoms with E-state index in [2.05, 4.69) is 10.3 Å². The van der Waals surface area contributed by atoms with Crippen molar-refractivity contribution in [1.82, 2.24) is 15.2 Å². The molecule has 0 saturated heterocycles. The van der Waals surface area contributed by atoms with Gasteiger partial charge in [0.1, 0.15) is 11.5 Å². The van der Waals surface area contributed by atoms with Crippen LogP contribution in [0, 0.1) is 0 Å². The topological polar surface area (TPSA) is 75.4 Å². The van der Waals surface area contributed by atoms with E-state index < -0.39 is 0 Å². The third kappa shape index (κ3) is 3.18. The van der Waals surface area contributed by atoms with Crippen molar-refractivity contribution in [1.29, 1.82) is 0 Å². The standard InChI is InChI=1S/C23H23N3O3/c27-22(24-13-16-9-6-12-29-16)20-17-10-4-5-11-19(17)25-21-18(20)14-26(23(21)28)15-7-2-1-3-8-15/h4-6,9-12,15H,1-3,7-8,13-14H2,(H,24,27). The first-order valence-electron chi connectivity index (χ1n) is 10.3. The van der Waals surface area contributed by atoms with Crippen molar-refractivity contribution in [3.63, 3.8) is 0 Å². The highest BCUT2D eigenvalue weighted by molar-refractivity contribution is 6.11. The number of nitrogens with one attached hydrogen (secondary N) is 1. The molecular weight excluding hydrogens is 366 g/mol. The van der Waals surface area contributed by atoms with Gasteiger partial charge in [-0.25, -0.2) is 4.98 Å². The number of rotatable bonds is 4. The number of nitrogens with zero attached hydrogens (tertiary/aromatic N) is 2. The molecule has 1 fully saturated rings. The zero-order chi connectivity index (χ0) is 19.8. The van der Waals surface area contributed by atoms with Gasteiger partial charge >= 0.3 is 0 Å². The van der Waals surface area contributed by atoms with Gasteiger partial charge in [-0.15, -0.1) is 0 Å². The zero-order valence-electron chi connectivity index (χ0n) is 16.2. The number of furan rings is 1. The van der Waals surface area contributed by atoms with Crippen LogP contribution < -0.4 is 5.32 Å². The fourth-order valence-corrected chi connectivity index (χ4v) is 4.58. The monoisotopic (exact) mass is 389 g/mol. The highest BCUT2D eigenvalue weighted by atomic mass is 16.3. The molecule has 2 amide bonds. The molecule has 6 heteroatoms. The first-order chi connectivity index (χ1) is 14.2. The van der Waals surface area contributed by atoms with E-state index in [9.17, 15) is 9.59 Å². The van der Waals surface area contributed by atoms with Gasteiger partial charge in [-0.3, -0.25) is 9.59 Å². The largest absolute Gasteiger partial charge is 0.467 e. The number of hydrogen-bond donors (Lipinski definition) is 1. The van der Waals surface area contributed by atoms with E-state index >= 15 is 0 Å². The molecule has 1 N–H and O–H groups in total. The zero-order valence-corrected chi connectivity index (χ0v) is 16.2. The summed E-state index contributed by atoms with van der Waals surface area (Å²) in [5.41, 5.74) is 2.41. The maximum absolute atomic E-state index is 13.2. The third-order valence-corrected chi connectivity index (χ3v) is 6.03. The molecule has 1 aliphatic heterocycles. The second kappa shape index (κ2) is 7.35. The molecule has 1 aliphatic carbocycles. The molecule has 2 aliphatic rings. The van der Waals surface area contributed by atoms with Crippen molar-refractivity contribution in [2.24, 2.45) is 0 Å². The number of aromatic nitrogens is 1. The van der Waals surface area contributed by atoms with Crippen molar-refractivity contribution in [3.05, 3.63) is 65.2 Å². The summed E-state index contributed by atoms with van der Waals surface area (Å²) in [5.74, 6) is 0.445. The van der Waals surface area contributed by atoms with Crippen LogP contribution in [0.2, 0.25) is 0 Å². The van der Waals surface area contributed by atoms with Gasteiger partial charge in [0.05, 0.1) is 23.9 Å². The molecule has 3 heterocycles. The first kappa shape index (κ1) is 17.9. The van der Waals surface area contributed by atoms with Gasteiger partial charge in [0, 0.05) is 23.5 Å². The van der Waals surface area contributed by atoms with E-state index in [-0.39, 0.29) is 17.9 Å². The van der Waals surface area contributed by atoms with Gasteiger partial charge in [-0.05, 0) is 31.0 Å². The Morgan fingerprint density at radius 3 is 2.76 bits per heavy atom. The molecular formula is C23H23N3O3. The van der Waals surface area contributed by atoms with Crippen molar-refractivity contribution >= 4 is 22.7 Å². The number of hydrogen-bond acceptors (Lipinski definition) is 4. The quantitative estimate of drug-likeness (QED) is 0.731. The Hall–Kier alpha value is -3.15. The van der Waals surface area contributed by atoms with Gasteiger partial charge in [-0.1, -0.05) is 37.5 Å². The number of carbonyl (C=O) groups excluding carboxylic acids is 2. The number of benzene rings is 1. The Labute approximate surface area is 168 Å². The molecule has 0 bridgehead atoms. The highest BCUT2D eigenvalue weighted by Crippen LogP contribution is 2.34. The van der Waals surface area contributed by atoms with Crippen LogP contribution >= 0.6 is 0 Å². The van der Waals surface area contributed by atoms with Crippen LogP contribution in [0.25, 0.3) is 10.9 Å². The number of amides is 2. The minimum Gasteiger partial charge on any atom is -0.467 e. The maximum Gasteiger partial charge on any atom is 0.273 e. The lowest BCUT2D eigenvalue weighted by Gasteiger charge is -2.30. The van der Waals surface area contributed by atoms with Crippen LogP contribution in [0.1, 0.15) is 64.3 Å². The van der Waals surface area contributed by atoms with Gasteiger partial charge < -0.3 is 14.6 Å². The predicted molar refractivity (Wildman–Crippen MR) is 108 cm³/mol. The minimum absolute atomic E-state index is 0.0438. The first-order valence-corrected chi connectivity index (χ1v) is 10.3. The van der Waals surface area contributed by atoms with Crippen LogP contribution in [-0.2, 0) is 13.1 Å². The molecule has 29 heavy (non-hydrogen) atoms. The summed E-state index contributed by atoms with van der Waals surface area (Å²) in [5, 5.41) is 3.72. The summed E-state index contributed by atoms with van der Waals surface area (Å²) in [6, 6.07) is 11.4. The predicted octanol–water partition coefficient (Wildman–Crippen LogP) is 4.05. The number of carbonyl (C=O) groups is 2. The molecule has 0 unspecified atom stereocenters. The fourth-order valence-electron chi connectivity index (χ4n) is 4.58. The molecule has 148 valence electrons. The average molecular weight is 389 g/mol. The third-order valence-electron chi connectivity index (χ3n) is 6.03. The van der Waals surface area contributed by atoms with Gasteiger partial charge in [0.15, 0.2) is 0 Å². The Bertz CT molecular complexity index is 1070. The Kier molecular flexibility index (Phi) is 4.54. The summed E-state index contributed by atoms with van der Waals surface area (Å²) >= 11 is 0. The molecule has 1 aromatic carbocycles. The second-order valence-corrected chi connectivity index (χ2v) is 7.82. The lowest BCUT2D eigenvalue weighted by Crippen LogP contribution is -2.37. The van der Waals surface area contributed by atoms with E-state index in [1.54, 1.807) is 12.3 Å². The molecule has 1 saturated carbocycles. The summed E-state index contributed by atoms with van der Waals surface area (Å²) in [6.07, 6.45) is 7.17. The molecule has 0 atom stereocenters. The lowest BCUT2D eigenvalue weighted by molar-refractivity contribution is 0.0655. The second-order valence-electron chi connectivity index (χ2n) is 7.82. The van der Waals surface area contributed by atoms with Crippen LogP contribution in [0.3, 0.4) is 0 Å². The maximum atomic E-state index is 13.2. The van der Waals surface area contributed by atoms with Crippen LogP contribution in [-0.4, -0.2) is 27.7 Å². The van der Waals surface area contributed by atoms with Crippen molar-refractivity contribution in [3.8, 4) is 0 Å². The molecule has 0 spiro atoms. The van der Waals surface area contributed by atoms with E-state index in [1.165, 1.54) is 6.42 Å². The molecule has 3 aromatic rings. The number of pyridine rings is 1. The normalized spacial score (nSPS) is 17.0. The van der Waals surface area contributed by atoms with Crippen molar-refractivity contribution in [2.45, 2.75) is 51.2 Å². The molecule has 6 nitrogen and oxygen atoms in total. The minimum atomic E-state index is -0.199. The molecule has 2 aromatic heterocycles. The van der Waals surface area contributed by atoms with Crippen molar-refractivity contribution in [2.75, 3.05) is 0 Å². The van der Waals surface area contributed by atoms with Gasteiger partial charge in [0.25, 0.3) is 11.8 Å². The number of fused-ring (bicyclic) bond motifs is 2. The summed E-state index contributed by atoms with van der Waals surface area (Å²) in [6.45, 7) is 0.762. The summed E-state index contributed by atoms with van der Waals surface area (Å²) in [7, 11) is 0.